The Labute approximate surface area is 124 Å². The predicted octanol–water partition coefficient (Wildman–Crippen LogP) is 2.25. The summed E-state index contributed by atoms with van der Waals surface area (Å²) in [7, 11) is 0. The maximum atomic E-state index is 12.3. The maximum Gasteiger partial charge on any atom is 0.244 e. The minimum atomic E-state index is -0.743. The van der Waals surface area contributed by atoms with Crippen LogP contribution in [0.4, 0.5) is 11.4 Å². The molecule has 112 valence electrons. The van der Waals surface area contributed by atoms with Gasteiger partial charge in [-0.3, -0.25) is 9.59 Å². The Balaban J connectivity index is 1.65. The molecule has 0 aromatic heterocycles. The van der Waals surface area contributed by atoms with Gasteiger partial charge in [-0.2, -0.15) is 0 Å². The molecule has 5 heteroatoms. The second kappa shape index (κ2) is 5.48. The molecule has 1 aromatic rings. The monoisotopic (exact) mass is 287 g/mol. The molecule has 2 aliphatic rings. The fourth-order valence-electron chi connectivity index (χ4n) is 2.75. The Hall–Kier alpha value is -1.88. The van der Waals surface area contributed by atoms with Crippen LogP contribution in [-0.2, 0) is 9.59 Å². The first-order chi connectivity index (χ1) is 10.1. The molecule has 1 aromatic carbocycles. The van der Waals surface area contributed by atoms with E-state index in [1.807, 2.05) is 18.2 Å². The number of benzene rings is 1. The van der Waals surface area contributed by atoms with E-state index in [0.717, 1.165) is 38.5 Å². The molecule has 5 nitrogen and oxygen atoms in total. The van der Waals surface area contributed by atoms with Crippen molar-refractivity contribution in [2.45, 2.75) is 44.1 Å². The quantitative estimate of drug-likeness (QED) is 0.794. The van der Waals surface area contributed by atoms with Crippen LogP contribution in [0.25, 0.3) is 0 Å². The fourth-order valence-corrected chi connectivity index (χ4v) is 2.75. The van der Waals surface area contributed by atoms with Crippen molar-refractivity contribution in [2.24, 2.45) is 11.7 Å². The third kappa shape index (κ3) is 3.24. The number of nitrogens with one attached hydrogen (secondary N) is 2. The topological polar surface area (TPSA) is 84.2 Å². The van der Waals surface area contributed by atoms with Crippen LogP contribution in [0.3, 0.4) is 0 Å². The Bertz CT molecular complexity index is 560. The summed E-state index contributed by atoms with van der Waals surface area (Å²) in [4.78, 5) is 24.0. The van der Waals surface area contributed by atoms with Gasteiger partial charge >= 0.3 is 0 Å². The van der Waals surface area contributed by atoms with Gasteiger partial charge in [-0.25, -0.2) is 0 Å². The number of hydrogen-bond acceptors (Lipinski definition) is 3. The summed E-state index contributed by atoms with van der Waals surface area (Å²) in [6.45, 7) is 0. The molecule has 21 heavy (non-hydrogen) atoms. The number of anilines is 2. The van der Waals surface area contributed by atoms with Crippen LogP contribution in [0.2, 0.25) is 0 Å². The van der Waals surface area contributed by atoms with E-state index in [1.54, 1.807) is 6.07 Å². The maximum absolute atomic E-state index is 12.3. The highest BCUT2D eigenvalue weighted by Gasteiger charge is 2.37. The van der Waals surface area contributed by atoms with Crippen LogP contribution in [0.1, 0.15) is 38.5 Å². The molecule has 0 unspecified atom stereocenters. The van der Waals surface area contributed by atoms with Crippen molar-refractivity contribution in [3.05, 3.63) is 24.3 Å². The Morgan fingerprint density at radius 1 is 1.10 bits per heavy atom. The van der Waals surface area contributed by atoms with Gasteiger partial charge in [0.1, 0.15) is 0 Å². The van der Waals surface area contributed by atoms with E-state index >= 15 is 0 Å². The number of rotatable bonds is 4. The van der Waals surface area contributed by atoms with Crippen molar-refractivity contribution in [1.29, 1.82) is 0 Å². The lowest BCUT2D eigenvalue weighted by atomic mass is 9.98. The van der Waals surface area contributed by atoms with Crippen molar-refractivity contribution < 1.29 is 9.59 Å². The summed E-state index contributed by atoms with van der Waals surface area (Å²) in [5.74, 6) is 0.0873. The number of nitrogens with two attached hydrogens (primary N) is 1. The third-order valence-corrected chi connectivity index (χ3v) is 4.28. The Kier molecular flexibility index (Phi) is 3.68. The molecule has 2 amide bonds. The highest BCUT2D eigenvalue weighted by molar-refractivity contribution is 5.99. The number of carbonyl (C=O) groups is 2. The third-order valence-electron chi connectivity index (χ3n) is 4.28. The van der Waals surface area contributed by atoms with Crippen LogP contribution in [0.15, 0.2) is 24.3 Å². The minimum Gasteiger partial charge on any atom is -0.326 e. The molecule has 2 fully saturated rings. The van der Waals surface area contributed by atoms with E-state index in [2.05, 4.69) is 10.6 Å². The summed E-state index contributed by atoms with van der Waals surface area (Å²) in [6, 6.07) is 7.22. The molecule has 2 aliphatic carbocycles. The lowest BCUT2D eigenvalue weighted by Gasteiger charge is -2.22. The molecule has 0 bridgehead atoms. The molecular weight excluding hydrogens is 266 g/mol. The van der Waals surface area contributed by atoms with Crippen molar-refractivity contribution >= 4 is 23.2 Å². The largest absolute Gasteiger partial charge is 0.326 e. The average molecular weight is 287 g/mol. The molecule has 2 saturated carbocycles. The second-order valence-electron chi connectivity index (χ2n) is 6.16. The van der Waals surface area contributed by atoms with Crippen LogP contribution in [-0.4, -0.2) is 17.4 Å². The van der Waals surface area contributed by atoms with Gasteiger partial charge < -0.3 is 16.4 Å². The van der Waals surface area contributed by atoms with Gasteiger partial charge in [-0.15, -0.1) is 0 Å². The Morgan fingerprint density at radius 2 is 1.71 bits per heavy atom. The first kappa shape index (κ1) is 14.1. The normalized spacial score (nSPS) is 20.0. The molecule has 0 aliphatic heterocycles. The van der Waals surface area contributed by atoms with E-state index in [4.69, 9.17) is 5.73 Å². The Morgan fingerprint density at radius 3 is 2.33 bits per heavy atom. The number of carbonyl (C=O) groups excluding carboxylic acids is 2. The zero-order valence-electron chi connectivity index (χ0n) is 12.0. The minimum absolute atomic E-state index is 0.0598. The molecule has 0 radical (unpaired) electrons. The zero-order valence-corrected chi connectivity index (χ0v) is 12.0. The van der Waals surface area contributed by atoms with Crippen LogP contribution < -0.4 is 16.4 Å². The number of hydrogen-bond donors (Lipinski definition) is 3. The molecule has 0 atom stereocenters. The summed E-state index contributed by atoms with van der Waals surface area (Å²) < 4.78 is 0. The highest BCUT2D eigenvalue weighted by atomic mass is 16.2. The smallest absolute Gasteiger partial charge is 0.244 e. The van der Waals surface area contributed by atoms with Crippen LogP contribution in [0.5, 0.6) is 0 Å². The van der Waals surface area contributed by atoms with Gasteiger partial charge in [0.15, 0.2) is 0 Å². The van der Waals surface area contributed by atoms with Crippen molar-refractivity contribution in [3.63, 3.8) is 0 Å². The SMILES string of the molecule is NC1(C(=O)Nc2cccc(NC(=O)C3CC3)c2)CCCC1. The molecule has 0 heterocycles. The average Bonchev–Trinajstić information content (AvgIpc) is 3.21. The van der Waals surface area contributed by atoms with Gasteiger partial charge in [-0.1, -0.05) is 18.9 Å². The van der Waals surface area contributed by atoms with E-state index in [0.29, 0.717) is 11.4 Å². The molecule has 0 spiro atoms. The lowest BCUT2D eigenvalue weighted by molar-refractivity contribution is -0.121. The van der Waals surface area contributed by atoms with Crippen molar-refractivity contribution in [1.82, 2.24) is 0 Å². The first-order valence-corrected chi connectivity index (χ1v) is 7.58. The first-order valence-electron chi connectivity index (χ1n) is 7.58. The van der Waals surface area contributed by atoms with Crippen molar-refractivity contribution in [2.75, 3.05) is 10.6 Å². The predicted molar refractivity (Wildman–Crippen MR) is 81.8 cm³/mol. The van der Waals surface area contributed by atoms with Gasteiger partial charge in [-0.05, 0) is 43.9 Å². The van der Waals surface area contributed by atoms with E-state index < -0.39 is 5.54 Å². The molecular formula is C16H21N3O2. The van der Waals surface area contributed by atoms with E-state index in [1.165, 1.54) is 0 Å². The van der Waals surface area contributed by atoms with Crippen molar-refractivity contribution in [3.8, 4) is 0 Å². The van der Waals surface area contributed by atoms with Crippen LogP contribution >= 0.6 is 0 Å². The van der Waals surface area contributed by atoms with Gasteiger partial charge in [0, 0.05) is 17.3 Å². The molecule has 4 N–H and O–H groups in total. The van der Waals surface area contributed by atoms with E-state index in [-0.39, 0.29) is 17.7 Å². The van der Waals surface area contributed by atoms with Gasteiger partial charge in [0.05, 0.1) is 5.54 Å². The van der Waals surface area contributed by atoms with Gasteiger partial charge in [0.2, 0.25) is 11.8 Å². The lowest BCUT2D eigenvalue weighted by Crippen LogP contribution is -2.48. The molecule has 3 rings (SSSR count). The van der Waals surface area contributed by atoms with E-state index in [9.17, 15) is 9.59 Å². The molecule has 0 saturated heterocycles. The summed E-state index contributed by atoms with van der Waals surface area (Å²) in [5, 5.41) is 5.74. The highest BCUT2D eigenvalue weighted by Crippen LogP contribution is 2.31. The second-order valence-corrected chi connectivity index (χ2v) is 6.16. The summed E-state index contributed by atoms with van der Waals surface area (Å²) >= 11 is 0. The van der Waals surface area contributed by atoms with Crippen LogP contribution in [0, 0.1) is 5.92 Å². The fraction of sp³-hybridized carbons (Fsp3) is 0.500. The van der Waals surface area contributed by atoms with Gasteiger partial charge in [0.25, 0.3) is 0 Å². The zero-order chi connectivity index (χ0) is 14.9. The summed E-state index contributed by atoms with van der Waals surface area (Å²) in [5.41, 5.74) is 6.77. The standard InChI is InChI=1S/C16H21N3O2/c17-16(8-1-2-9-16)15(21)19-13-5-3-4-12(10-13)18-14(20)11-6-7-11/h3-5,10-11H,1-2,6-9,17H2,(H,18,20)(H,19,21). The summed E-state index contributed by atoms with van der Waals surface area (Å²) in [6.07, 6.45) is 5.41. The number of amides is 2.